The zero-order valence-electron chi connectivity index (χ0n) is 15.3. The van der Waals surface area contributed by atoms with Crippen molar-refractivity contribution in [2.45, 2.75) is 46.6 Å². The maximum Gasteiger partial charge on any atom is 0.163 e. The number of fused-ring (bicyclic) bond motifs is 1. The Kier molecular flexibility index (Phi) is 6.33. The molecule has 0 radical (unpaired) electrons. The van der Waals surface area contributed by atoms with Crippen molar-refractivity contribution in [2.75, 3.05) is 11.1 Å². The third kappa shape index (κ3) is 4.47. The van der Waals surface area contributed by atoms with Crippen LogP contribution in [0.4, 0.5) is 16.0 Å². The number of nitrogens with two attached hydrogens (primary N) is 1. The smallest absolute Gasteiger partial charge is 0.163 e. The Morgan fingerprint density at radius 2 is 1.92 bits per heavy atom. The lowest BCUT2D eigenvalue weighted by Gasteiger charge is -2.10. The van der Waals surface area contributed by atoms with E-state index in [-0.39, 0.29) is 5.82 Å². The van der Waals surface area contributed by atoms with Gasteiger partial charge in [-0.2, -0.15) is 9.61 Å². The largest absolute Gasteiger partial charge is 0.384 e. The maximum atomic E-state index is 13.7. The quantitative estimate of drug-likeness (QED) is 0.726. The van der Waals surface area contributed by atoms with Crippen LogP contribution in [0.5, 0.6) is 0 Å². The summed E-state index contributed by atoms with van der Waals surface area (Å²) in [6, 6.07) is 8.36. The molecule has 134 valence electrons. The highest BCUT2D eigenvalue weighted by molar-refractivity contribution is 5.59. The molecule has 0 aliphatic rings. The van der Waals surface area contributed by atoms with E-state index in [1.165, 1.54) is 12.5 Å². The molecule has 2 heterocycles. The summed E-state index contributed by atoms with van der Waals surface area (Å²) in [5, 5.41) is 7.54. The number of nitrogen functional groups attached to an aromatic ring is 1. The Morgan fingerprint density at radius 1 is 1.24 bits per heavy atom. The third-order valence-electron chi connectivity index (χ3n) is 3.56. The summed E-state index contributed by atoms with van der Waals surface area (Å²) in [5.74, 6) is 1.16. The third-order valence-corrected chi connectivity index (χ3v) is 3.56. The molecule has 2 aromatic heterocycles. The summed E-state index contributed by atoms with van der Waals surface area (Å²) in [6.07, 6.45) is 3.04. The highest BCUT2D eigenvalue weighted by atomic mass is 19.1. The molecule has 0 amide bonds. The van der Waals surface area contributed by atoms with Gasteiger partial charge in [0.05, 0.1) is 6.20 Å². The van der Waals surface area contributed by atoms with Gasteiger partial charge in [-0.25, -0.2) is 9.37 Å². The van der Waals surface area contributed by atoms with Gasteiger partial charge in [-0.1, -0.05) is 52.3 Å². The monoisotopic (exact) mass is 343 g/mol. The van der Waals surface area contributed by atoms with Crippen LogP contribution in [-0.2, 0) is 6.54 Å². The van der Waals surface area contributed by atoms with E-state index in [1.807, 2.05) is 0 Å². The fourth-order valence-electron chi connectivity index (χ4n) is 2.36. The molecule has 0 atom stereocenters. The number of halogens is 1. The van der Waals surface area contributed by atoms with Crippen molar-refractivity contribution in [2.24, 2.45) is 0 Å². The van der Waals surface area contributed by atoms with E-state index in [9.17, 15) is 4.39 Å². The zero-order valence-corrected chi connectivity index (χ0v) is 15.3. The van der Waals surface area contributed by atoms with Gasteiger partial charge < -0.3 is 11.1 Å². The predicted octanol–water partition coefficient (Wildman–Crippen LogP) is 4.60. The highest BCUT2D eigenvalue weighted by Crippen LogP contribution is 2.23. The van der Waals surface area contributed by atoms with Crippen molar-refractivity contribution >= 4 is 17.3 Å². The molecule has 6 heteroatoms. The Morgan fingerprint density at radius 3 is 2.56 bits per heavy atom. The SMILES string of the molecule is CC(C)c1cnn2c(NCc3ccccc3F)cc(N)nc12.CCC. The summed E-state index contributed by atoms with van der Waals surface area (Å²) in [6.45, 7) is 8.75. The van der Waals surface area contributed by atoms with Gasteiger partial charge in [0, 0.05) is 23.7 Å². The van der Waals surface area contributed by atoms with Gasteiger partial charge in [-0.3, -0.25) is 0 Å². The molecule has 0 aliphatic heterocycles. The Hall–Kier alpha value is -2.63. The fourth-order valence-corrected chi connectivity index (χ4v) is 2.36. The minimum atomic E-state index is -0.239. The number of nitrogens with one attached hydrogen (secondary N) is 1. The van der Waals surface area contributed by atoms with Gasteiger partial charge in [0.2, 0.25) is 0 Å². The zero-order chi connectivity index (χ0) is 18.4. The first-order valence-electron chi connectivity index (χ1n) is 8.59. The second-order valence-corrected chi connectivity index (χ2v) is 6.21. The Balaban J connectivity index is 0.000000701. The molecule has 0 aliphatic carbocycles. The first-order valence-corrected chi connectivity index (χ1v) is 8.59. The van der Waals surface area contributed by atoms with Crippen molar-refractivity contribution in [3.63, 3.8) is 0 Å². The fraction of sp³-hybridized carbons (Fsp3) is 0.368. The van der Waals surface area contributed by atoms with E-state index < -0.39 is 0 Å². The number of hydrogen-bond donors (Lipinski definition) is 2. The molecule has 0 bridgehead atoms. The van der Waals surface area contributed by atoms with E-state index in [4.69, 9.17) is 5.73 Å². The lowest BCUT2D eigenvalue weighted by atomic mass is 10.1. The highest BCUT2D eigenvalue weighted by Gasteiger charge is 2.13. The van der Waals surface area contributed by atoms with Crippen LogP contribution in [0.1, 0.15) is 51.2 Å². The molecule has 0 saturated heterocycles. The summed E-state index contributed by atoms with van der Waals surface area (Å²) < 4.78 is 15.4. The second kappa shape index (κ2) is 8.46. The van der Waals surface area contributed by atoms with E-state index >= 15 is 0 Å². The molecule has 25 heavy (non-hydrogen) atoms. The lowest BCUT2D eigenvalue weighted by Crippen LogP contribution is -2.08. The minimum absolute atomic E-state index is 0.239. The number of hydrogen-bond acceptors (Lipinski definition) is 4. The van der Waals surface area contributed by atoms with Crippen LogP contribution in [0.15, 0.2) is 36.5 Å². The average Bonchev–Trinajstić information content (AvgIpc) is 2.98. The first kappa shape index (κ1) is 18.7. The van der Waals surface area contributed by atoms with Crippen molar-refractivity contribution in [3.8, 4) is 0 Å². The van der Waals surface area contributed by atoms with Gasteiger partial charge in [0.25, 0.3) is 0 Å². The van der Waals surface area contributed by atoms with E-state index in [0.29, 0.717) is 29.7 Å². The molecule has 5 nitrogen and oxygen atoms in total. The van der Waals surface area contributed by atoms with Gasteiger partial charge in [-0.05, 0) is 12.0 Å². The standard InChI is InChI=1S/C16H18FN5.C3H8/c1-10(2)12-9-20-22-15(7-14(18)21-16(12)22)19-8-11-5-3-4-6-13(11)17;1-3-2/h3-7,9-10,19H,8H2,1-2H3,(H2,18,21);3H2,1-2H3. The molecule has 0 fully saturated rings. The normalized spacial score (nSPS) is 10.6. The number of rotatable bonds is 4. The molecule has 1 aromatic carbocycles. The van der Waals surface area contributed by atoms with Crippen LogP contribution in [0.2, 0.25) is 0 Å². The van der Waals surface area contributed by atoms with E-state index in [1.54, 1.807) is 35.0 Å². The van der Waals surface area contributed by atoms with Gasteiger partial charge in [-0.15, -0.1) is 0 Å². The second-order valence-electron chi connectivity index (χ2n) is 6.21. The summed E-state index contributed by atoms with van der Waals surface area (Å²) in [7, 11) is 0. The van der Waals surface area contributed by atoms with Crippen LogP contribution in [-0.4, -0.2) is 14.6 Å². The van der Waals surface area contributed by atoms with Crippen molar-refractivity contribution in [1.29, 1.82) is 0 Å². The van der Waals surface area contributed by atoms with Crippen LogP contribution in [0.3, 0.4) is 0 Å². The molecular weight excluding hydrogens is 317 g/mol. The van der Waals surface area contributed by atoms with Gasteiger partial charge >= 0.3 is 0 Å². The topological polar surface area (TPSA) is 68.2 Å². The van der Waals surface area contributed by atoms with Crippen LogP contribution in [0.25, 0.3) is 5.65 Å². The first-order chi connectivity index (χ1) is 12.0. The molecule has 0 saturated carbocycles. The van der Waals surface area contributed by atoms with Crippen LogP contribution in [0, 0.1) is 5.82 Å². The van der Waals surface area contributed by atoms with E-state index in [0.717, 1.165) is 11.2 Å². The van der Waals surface area contributed by atoms with Crippen LogP contribution < -0.4 is 11.1 Å². The molecule has 3 aromatic rings. The number of aromatic nitrogens is 3. The molecule has 3 rings (SSSR count). The van der Waals surface area contributed by atoms with Crippen LogP contribution >= 0.6 is 0 Å². The molecule has 0 spiro atoms. The summed E-state index contributed by atoms with van der Waals surface area (Å²) >= 11 is 0. The number of anilines is 2. The maximum absolute atomic E-state index is 13.7. The molecule has 3 N–H and O–H groups in total. The predicted molar refractivity (Wildman–Crippen MR) is 101 cm³/mol. The Labute approximate surface area is 148 Å². The number of nitrogens with zero attached hydrogens (tertiary/aromatic N) is 3. The molecular formula is C19H26FN5. The average molecular weight is 343 g/mol. The van der Waals surface area contributed by atoms with Gasteiger partial charge in [0.1, 0.15) is 17.5 Å². The van der Waals surface area contributed by atoms with Crippen molar-refractivity contribution in [3.05, 3.63) is 53.5 Å². The van der Waals surface area contributed by atoms with Crippen molar-refractivity contribution < 1.29 is 4.39 Å². The lowest BCUT2D eigenvalue weighted by molar-refractivity contribution is 0.612. The molecule has 0 unspecified atom stereocenters. The van der Waals surface area contributed by atoms with Gasteiger partial charge in [0.15, 0.2) is 5.65 Å². The summed E-state index contributed by atoms with van der Waals surface area (Å²) in [4.78, 5) is 4.35. The summed E-state index contributed by atoms with van der Waals surface area (Å²) in [5.41, 5.74) is 8.23. The van der Waals surface area contributed by atoms with E-state index in [2.05, 4.69) is 43.1 Å². The minimum Gasteiger partial charge on any atom is -0.384 e. The number of benzene rings is 1. The Bertz CT molecular complexity index is 826. The van der Waals surface area contributed by atoms with Crippen molar-refractivity contribution in [1.82, 2.24) is 14.6 Å².